The number of thiazole rings is 1. The molecule has 2 aromatic heterocycles. The van der Waals surface area contributed by atoms with Gasteiger partial charge < -0.3 is 5.32 Å². The van der Waals surface area contributed by atoms with E-state index < -0.39 is 0 Å². The molecule has 0 unspecified atom stereocenters. The Morgan fingerprint density at radius 2 is 2.15 bits per heavy atom. The molecule has 0 radical (unpaired) electrons. The highest BCUT2D eigenvalue weighted by molar-refractivity contribution is 7.16. The first-order valence-corrected chi connectivity index (χ1v) is 8.29. The lowest BCUT2D eigenvalue weighted by Crippen LogP contribution is -1.97. The van der Waals surface area contributed by atoms with Gasteiger partial charge in [0.1, 0.15) is 0 Å². The molecule has 2 nitrogen and oxygen atoms in total. The largest absolute Gasteiger partial charge is 0.380 e. The minimum Gasteiger partial charge on any atom is -0.380 e. The highest BCUT2D eigenvalue weighted by Crippen LogP contribution is 2.25. The van der Waals surface area contributed by atoms with Gasteiger partial charge in [0.15, 0.2) is 0 Å². The van der Waals surface area contributed by atoms with Gasteiger partial charge in [-0.15, -0.1) is 22.7 Å². The Bertz CT molecular complexity index is 718. The third-order valence-corrected chi connectivity index (χ3v) is 4.88. The summed E-state index contributed by atoms with van der Waals surface area (Å²) in [7, 11) is 0. The second kappa shape index (κ2) is 5.95. The molecule has 2 heterocycles. The van der Waals surface area contributed by atoms with Crippen LogP contribution in [0.3, 0.4) is 0 Å². The predicted octanol–water partition coefficient (Wildman–Crippen LogP) is 5.45. The highest BCUT2D eigenvalue weighted by Gasteiger charge is 2.03. The zero-order chi connectivity index (χ0) is 13.9. The number of aryl methyl sites for hydroxylation is 1. The number of anilines is 1. The van der Waals surface area contributed by atoms with Crippen LogP contribution in [-0.4, -0.2) is 4.98 Å². The van der Waals surface area contributed by atoms with Crippen molar-refractivity contribution >= 4 is 40.0 Å². The molecule has 5 heteroatoms. The van der Waals surface area contributed by atoms with Gasteiger partial charge in [-0.25, -0.2) is 4.98 Å². The first kappa shape index (κ1) is 13.6. The van der Waals surface area contributed by atoms with Crippen LogP contribution in [0.1, 0.15) is 9.88 Å². The Balaban J connectivity index is 1.74. The van der Waals surface area contributed by atoms with Gasteiger partial charge in [0.25, 0.3) is 0 Å². The fourth-order valence-corrected chi connectivity index (χ4v) is 3.57. The van der Waals surface area contributed by atoms with Crippen LogP contribution < -0.4 is 5.32 Å². The summed E-state index contributed by atoms with van der Waals surface area (Å²) >= 11 is 9.21. The summed E-state index contributed by atoms with van der Waals surface area (Å²) in [5, 5.41) is 6.60. The van der Waals surface area contributed by atoms with Crippen molar-refractivity contribution < 1.29 is 0 Å². The fraction of sp³-hybridized carbons (Fsp3) is 0.133. The second-order valence-corrected chi connectivity index (χ2v) is 7.25. The molecule has 0 bridgehead atoms. The van der Waals surface area contributed by atoms with Crippen LogP contribution in [0, 0.1) is 6.92 Å². The fourth-order valence-electron chi connectivity index (χ4n) is 1.92. The molecule has 0 spiro atoms. The van der Waals surface area contributed by atoms with Crippen molar-refractivity contribution in [2.45, 2.75) is 13.5 Å². The summed E-state index contributed by atoms with van der Waals surface area (Å²) in [6.07, 6.45) is 0. The van der Waals surface area contributed by atoms with Crippen molar-refractivity contribution in [1.82, 2.24) is 4.98 Å². The molecule has 0 saturated heterocycles. The average Bonchev–Trinajstić information content (AvgIpc) is 3.06. The number of hydrogen-bond acceptors (Lipinski definition) is 4. The minimum absolute atomic E-state index is 0.789. The lowest BCUT2D eigenvalue weighted by molar-refractivity contribution is 1.19. The van der Waals surface area contributed by atoms with Gasteiger partial charge in [-0.3, -0.25) is 0 Å². The third-order valence-electron chi connectivity index (χ3n) is 2.87. The first-order chi connectivity index (χ1) is 9.70. The maximum absolute atomic E-state index is 5.93. The van der Waals surface area contributed by atoms with Crippen LogP contribution in [0.5, 0.6) is 0 Å². The quantitative estimate of drug-likeness (QED) is 0.691. The van der Waals surface area contributed by atoms with Gasteiger partial charge >= 0.3 is 0 Å². The maximum Gasteiger partial charge on any atom is 0.0931 e. The van der Waals surface area contributed by atoms with E-state index in [2.05, 4.69) is 33.9 Å². The van der Waals surface area contributed by atoms with E-state index >= 15 is 0 Å². The van der Waals surface area contributed by atoms with Crippen molar-refractivity contribution in [3.63, 3.8) is 0 Å². The molecule has 20 heavy (non-hydrogen) atoms. The number of nitrogens with one attached hydrogen (secondary N) is 1. The summed E-state index contributed by atoms with van der Waals surface area (Å²) in [6.45, 7) is 2.81. The third kappa shape index (κ3) is 3.20. The smallest absolute Gasteiger partial charge is 0.0931 e. The number of hydrogen-bond donors (Lipinski definition) is 1. The Morgan fingerprint density at radius 1 is 1.25 bits per heavy atom. The van der Waals surface area contributed by atoms with E-state index in [4.69, 9.17) is 11.6 Å². The van der Waals surface area contributed by atoms with Crippen LogP contribution >= 0.6 is 34.3 Å². The summed E-state index contributed by atoms with van der Waals surface area (Å²) in [5.41, 5.74) is 3.27. The maximum atomic E-state index is 5.93. The van der Waals surface area contributed by atoms with Crippen LogP contribution in [0.15, 0.2) is 41.8 Å². The summed E-state index contributed by atoms with van der Waals surface area (Å²) < 4.78 is 0.827. The summed E-state index contributed by atoms with van der Waals surface area (Å²) in [6, 6.07) is 12.3. The SMILES string of the molecule is Cc1nc(-c2cccc(NCc3ccc(Cl)s3)c2)cs1. The lowest BCUT2D eigenvalue weighted by Gasteiger charge is -2.06. The van der Waals surface area contributed by atoms with E-state index in [0.29, 0.717) is 0 Å². The Morgan fingerprint density at radius 3 is 2.85 bits per heavy atom. The van der Waals surface area contributed by atoms with Crippen molar-refractivity contribution in [2.24, 2.45) is 0 Å². The molecule has 0 atom stereocenters. The van der Waals surface area contributed by atoms with Crippen LogP contribution in [0.2, 0.25) is 4.34 Å². The Labute approximate surface area is 131 Å². The average molecular weight is 321 g/mol. The van der Waals surface area contributed by atoms with Crippen LogP contribution in [0.4, 0.5) is 5.69 Å². The van der Waals surface area contributed by atoms with E-state index in [1.807, 2.05) is 25.1 Å². The molecular weight excluding hydrogens is 308 g/mol. The molecule has 3 rings (SSSR count). The molecule has 1 aromatic carbocycles. The van der Waals surface area contributed by atoms with Crippen molar-refractivity contribution in [3.05, 3.63) is 56.0 Å². The van der Waals surface area contributed by atoms with Crippen molar-refractivity contribution in [3.8, 4) is 11.3 Å². The monoisotopic (exact) mass is 320 g/mol. The standard InChI is InChI=1S/C15H13ClN2S2/c1-10-18-14(9-19-10)11-3-2-4-12(7-11)17-8-13-5-6-15(16)20-13/h2-7,9,17H,8H2,1H3. The Kier molecular flexibility index (Phi) is 4.05. The molecule has 0 aliphatic carbocycles. The van der Waals surface area contributed by atoms with Crippen LogP contribution in [-0.2, 0) is 6.54 Å². The number of rotatable bonds is 4. The molecule has 3 aromatic rings. The minimum atomic E-state index is 0.789. The molecule has 0 aliphatic heterocycles. The van der Waals surface area contributed by atoms with Gasteiger partial charge in [-0.1, -0.05) is 23.7 Å². The molecule has 1 N–H and O–H groups in total. The number of benzene rings is 1. The lowest BCUT2D eigenvalue weighted by atomic mass is 10.1. The molecule has 102 valence electrons. The summed E-state index contributed by atoms with van der Waals surface area (Å²) in [4.78, 5) is 5.75. The first-order valence-electron chi connectivity index (χ1n) is 6.21. The van der Waals surface area contributed by atoms with Gasteiger partial charge in [-0.2, -0.15) is 0 Å². The van der Waals surface area contributed by atoms with E-state index in [1.54, 1.807) is 22.7 Å². The van der Waals surface area contributed by atoms with E-state index in [-0.39, 0.29) is 0 Å². The molecule has 0 amide bonds. The topological polar surface area (TPSA) is 24.9 Å². The molecule has 0 saturated carbocycles. The summed E-state index contributed by atoms with van der Waals surface area (Å²) in [5.74, 6) is 0. The number of nitrogens with zero attached hydrogens (tertiary/aromatic N) is 1. The van der Waals surface area contributed by atoms with E-state index in [9.17, 15) is 0 Å². The van der Waals surface area contributed by atoms with Gasteiger partial charge in [0.2, 0.25) is 0 Å². The zero-order valence-electron chi connectivity index (χ0n) is 10.9. The zero-order valence-corrected chi connectivity index (χ0v) is 13.3. The predicted molar refractivity (Wildman–Crippen MR) is 88.9 cm³/mol. The van der Waals surface area contributed by atoms with Gasteiger partial charge in [0, 0.05) is 28.1 Å². The highest BCUT2D eigenvalue weighted by atomic mass is 35.5. The number of thiophene rings is 1. The number of halogens is 1. The van der Waals surface area contributed by atoms with Crippen molar-refractivity contribution in [1.29, 1.82) is 0 Å². The van der Waals surface area contributed by atoms with E-state index in [1.165, 1.54) is 4.88 Å². The Hall–Kier alpha value is -1.36. The van der Waals surface area contributed by atoms with Gasteiger partial charge in [-0.05, 0) is 31.2 Å². The molecule has 0 aliphatic rings. The normalized spacial score (nSPS) is 10.7. The van der Waals surface area contributed by atoms with Crippen molar-refractivity contribution in [2.75, 3.05) is 5.32 Å². The second-order valence-electron chi connectivity index (χ2n) is 4.39. The van der Waals surface area contributed by atoms with Crippen LogP contribution in [0.25, 0.3) is 11.3 Å². The van der Waals surface area contributed by atoms with E-state index in [0.717, 1.165) is 32.8 Å². The number of aromatic nitrogens is 1. The molecule has 0 fully saturated rings. The van der Waals surface area contributed by atoms with Gasteiger partial charge in [0.05, 0.1) is 15.0 Å². The molecular formula is C15H13ClN2S2.